The summed E-state index contributed by atoms with van der Waals surface area (Å²) in [5.41, 5.74) is 5.75. The predicted molar refractivity (Wildman–Crippen MR) is 79.6 cm³/mol. The summed E-state index contributed by atoms with van der Waals surface area (Å²) in [5.74, 6) is 0.0622. The lowest BCUT2D eigenvalue weighted by Crippen LogP contribution is -2.41. The molecule has 0 saturated carbocycles. The van der Waals surface area contributed by atoms with Crippen LogP contribution in [0, 0.1) is 0 Å². The molecular weight excluding hydrogens is 314 g/mol. The van der Waals surface area contributed by atoms with Gasteiger partial charge in [0, 0.05) is 46.8 Å². The van der Waals surface area contributed by atoms with Crippen molar-refractivity contribution in [3.8, 4) is 0 Å². The fourth-order valence-corrected chi connectivity index (χ4v) is 3.23. The number of thiophene rings is 1. The molecule has 1 heterocycles. The highest BCUT2D eigenvalue weighted by molar-refractivity contribution is 9.10. The third kappa shape index (κ3) is 5.06. The lowest BCUT2D eigenvalue weighted by Gasteiger charge is -2.25. The number of nitrogens with zero attached hydrogens (tertiary/aromatic N) is 1. The maximum Gasteiger partial charge on any atom is 0.221 e. The summed E-state index contributed by atoms with van der Waals surface area (Å²) >= 11 is 5.15. The van der Waals surface area contributed by atoms with Gasteiger partial charge in [0.05, 0.1) is 0 Å². The van der Waals surface area contributed by atoms with E-state index in [2.05, 4.69) is 37.6 Å². The van der Waals surface area contributed by atoms with E-state index in [9.17, 15) is 4.79 Å². The topological polar surface area (TPSA) is 58.4 Å². The molecule has 0 bridgehead atoms. The molecule has 4 nitrogen and oxygen atoms in total. The zero-order valence-corrected chi connectivity index (χ0v) is 13.2. The summed E-state index contributed by atoms with van der Waals surface area (Å²) < 4.78 is 1.10. The molecule has 0 saturated heterocycles. The van der Waals surface area contributed by atoms with E-state index in [-0.39, 0.29) is 11.9 Å². The fourth-order valence-electron chi connectivity index (χ4n) is 1.71. The maximum absolute atomic E-state index is 11.6. The van der Waals surface area contributed by atoms with Gasteiger partial charge in [0.1, 0.15) is 0 Å². The Hall–Kier alpha value is -0.430. The van der Waals surface area contributed by atoms with Crippen molar-refractivity contribution in [3.05, 3.63) is 20.8 Å². The van der Waals surface area contributed by atoms with E-state index in [0.717, 1.165) is 11.0 Å². The molecule has 0 aliphatic carbocycles. The number of likely N-dealkylation sites (N-methyl/N-ethyl adjacent to an activating group) is 1. The minimum absolute atomic E-state index is 0.0622. The van der Waals surface area contributed by atoms with Crippen molar-refractivity contribution >= 4 is 33.2 Å². The van der Waals surface area contributed by atoms with Crippen LogP contribution in [-0.4, -0.2) is 37.0 Å². The number of carbonyl (C=O) groups is 1. The normalized spacial score (nSPS) is 12.7. The Morgan fingerprint density at radius 2 is 2.39 bits per heavy atom. The van der Waals surface area contributed by atoms with Gasteiger partial charge in [0.15, 0.2) is 0 Å². The second kappa shape index (κ2) is 7.89. The molecule has 1 unspecified atom stereocenters. The quantitative estimate of drug-likeness (QED) is 0.799. The summed E-state index contributed by atoms with van der Waals surface area (Å²) in [6, 6.07) is 2.18. The van der Waals surface area contributed by atoms with E-state index in [1.165, 1.54) is 4.88 Å². The van der Waals surface area contributed by atoms with Crippen LogP contribution < -0.4 is 11.1 Å². The van der Waals surface area contributed by atoms with Crippen molar-refractivity contribution in [2.24, 2.45) is 5.73 Å². The Kier molecular flexibility index (Phi) is 6.85. The zero-order chi connectivity index (χ0) is 13.5. The van der Waals surface area contributed by atoms with Gasteiger partial charge >= 0.3 is 0 Å². The van der Waals surface area contributed by atoms with Crippen molar-refractivity contribution in [1.29, 1.82) is 0 Å². The van der Waals surface area contributed by atoms with Crippen LogP contribution in [0.1, 0.15) is 18.2 Å². The lowest BCUT2D eigenvalue weighted by atomic mass is 10.1. The molecule has 3 N–H and O–H groups in total. The molecule has 1 amide bonds. The third-order valence-electron chi connectivity index (χ3n) is 2.72. The van der Waals surface area contributed by atoms with Crippen molar-refractivity contribution in [2.45, 2.75) is 25.9 Å². The molecule has 1 aromatic heterocycles. The van der Waals surface area contributed by atoms with Gasteiger partial charge in [-0.15, -0.1) is 11.3 Å². The minimum Gasteiger partial charge on any atom is -0.356 e. The molecule has 0 fully saturated rings. The van der Waals surface area contributed by atoms with Crippen LogP contribution in [0.15, 0.2) is 15.9 Å². The smallest absolute Gasteiger partial charge is 0.221 e. The lowest BCUT2D eigenvalue weighted by molar-refractivity contribution is -0.122. The highest BCUT2D eigenvalue weighted by atomic mass is 79.9. The van der Waals surface area contributed by atoms with Crippen LogP contribution in [0.4, 0.5) is 0 Å². The van der Waals surface area contributed by atoms with E-state index in [0.29, 0.717) is 19.5 Å². The van der Waals surface area contributed by atoms with Crippen LogP contribution >= 0.6 is 27.3 Å². The molecule has 0 aromatic carbocycles. The molecule has 0 radical (unpaired) electrons. The number of carbonyl (C=O) groups excluding carboxylic acids is 1. The molecule has 6 heteroatoms. The molecule has 1 atom stereocenters. The van der Waals surface area contributed by atoms with Crippen molar-refractivity contribution in [1.82, 2.24) is 10.2 Å². The molecule has 0 spiro atoms. The van der Waals surface area contributed by atoms with Crippen LogP contribution in [0.5, 0.6) is 0 Å². The maximum atomic E-state index is 11.6. The number of nitrogens with one attached hydrogen (secondary N) is 1. The first-order valence-electron chi connectivity index (χ1n) is 5.96. The van der Waals surface area contributed by atoms with Gasteiger partial charge in [0.2, 0.25) is 5.91 Å². The Balaban J connectivity index is 2.51. The first kappa shape index (κ1) is 15.6. The zero-order valence-electron chi connectivity index (χ0n) is 10.8. The van der Waals surface area contributed by atoms with E-state index < -0.39 is 0 Å². The molecule has 1 aromatic rings. The number of halogens is 1. The summed E-state index contributed by atoms with van der Waals surface area (Å²) in [4.78, 5) is 15.0. The molecule has 1 rings (SSSR count). The van der Waals surface area contributed by atoms with Crippen LogP contribution in [0.3, 0.4) is 0 Å². The average molecular weight is 334 g/mol. The second-order valence-electron chi connectivity index (χ2n) is 4.19. The summed E-state index contributed by atoms with van der Waals surface area (Å²) in [7, 11) is 2.00. The van der Waals surface area contributed by atoms with E-state index >= 15 is 0 Å². The minimum atomic E-state index is 0.0622. The van der Waals surface area contributed by atoms with Crippen molar-refractivity contribution in [2.75, 3.05) is 20.1 Å². The average Bonchev–Trinajstić information content (AvgIpc) is 2.72. The molecule has 102 valence electrons. The summed E-state index contributed by atoms with van der Waals surface area (Å²) in [6.07, 6.45) is 0.452. The van der Waals surface area contributed by atoms with Gasteiger partial charge in [0.25, 0.3) is 0 Å². The summed E-state index contributed by atoms with van der Waals surface area (Å²) in [5, 5.41) is 4.87. The third-order valence-corrected chi connectivity index (χ3v) is 4.40. The SMILES string of the molecule is CCNC(=O)CC(CN)N(C)Cc1cc(Br)cs1. The highest BCUT2D eigenvalue weighted by Gasteiger charge is 2.17. The Labute approximate surface area is 121 Å². The standard InChI is InChI=1S/C12H20BrN3OS/c1-3-15-12(17)5-10(6-14)16(2)7-11-4-9(13)8-18-11/h4,8,10H,3,5-7,14H2,1-2H3,(H,15,17). The van der Waals surface area contributed by atoms with Gasteiger partial charge in [-0.25, -0.2) is 0 Å². The van der Waals surface area contributed by atoms with Crippen molar-refractivity contribution in [3.63, 3.8) is 0 Å². The summed E-state index contributed by atoms with van der Waals surface area (Å²) in [6.45, 7) is 3.89. The van der Waals surface area contributed by atoms with E-state index in [1.54, 1.807) is 11.3 Å². The Morgan fingerprint density at radius 1 is 1.67 bits per heavy atom. The Bertz CT molecular complexity index is 383. The van der Waals surface area contributed by atoms with E-state index in [1.807, 2.05) is 14.0 Å². The first-order chi connectivity index (χ1) is 8.56. The fraction of sp³-hybridized carbons (Fsp3) is 0.583. The largest absolute Gasteiger partial charge is 0.356 e. The van der Waals surface area contributed by atoms with E-state index in [4.69, 9.17) is 5.73 Å². The number of amides is 1. The van der Waals surface area contributed by atoms with Crippen LogP contribution in [0.2, 0.25) is 0 Å². The van der Waals surface area contributed by atoms with Gasteiger partial charge in [-0.05, 0) is 36.0 Å². The monoisotopic (exact) mass is 333 g/mol. The van der Waals surface area contributed by atoms with Crippen molar-refractivity contribution < 1.29 is 4.79 Å². The highest BCUT2D eigenvalue weighted by Crippen LogP contribution is 2.21. The number of nitrogens with two attached hydrogens (primary N) is 1. The number of rotatable bonds is 7. The van der Waals surface area contributed by atoms with Gasteiger partial charge < -0.3 is 11.1 Å². The van der Waals surface area contributed by atoms with Gasteiger partial charge in [-0.3, -0.25) is 9.69 Å². The molecule has 0 aliphatic heterocycles. The predicted octanol–water partition coefficient (Wildman–Crippen LogP) is 1.80. The number of hydrogen-bond acceptors (Lipinski definition) is 4. The van der Waals surface area contributed by atoms with Crippen LogP contribution in [0.25, 0.3) is 0 Å². The molecular formula is C12H20BrN3OS. The number of hydrogen-bond donors (Lipinski definition) is 2. The molecule has 18 heavy (non-hydrogen) atoms. The molecule has 0 aliphatic rings. The second-order valence-corrected chi connectivity index (χ2v) is 6.10. The first-order valence-corrected chi connectivity index (χ1v) is 7.64. The van der Waals surface area contributed by atoms with Crippen LogP contribution in [-0.2, 0) is 11.3 Å². The Morgan fingerprint density at radius 3 is 2.89 bits per heavy atom. The van der Waals surface area contributed by atoms with Gasteiger partial charge in [-0.2, -0.15) is 0 Å². The van der Waals surface area contributed by atoms with Gasteiger partial charge in [-0.1, -0.05) is 0 Å².